The molecule has 1 heterocycles. The number of phenols is 2. The van der Waals surface area contributed by atoms with Crippen molar-refractivity contribution in [1.29, 1.82) is 0 Å². The fraction of sp³-hybridized carbons (Fsp3) is 0.400. The summed E-state index contributed by atoms with van der Waals surface area (Å²) in [4.78, 5) is 0. The topological polar surface area (TPSA) is 88.4 Å². The van der Waals surface area contributed by atoms with Gasteiger partial charge in [0, 0.05) is 23.6 Å². The number of rotatable bonds is 4. The summed E-state index contributed by atoms with van der Waals surface area (Å²) in [6.07, 6.45) is 6.33. The van der Waals surface area contributed by atoms with Gasteiger partial charge in [0.15, 0.2) is 11.5 Å². The molecule has 0 spiro atoms. The van der Waals surface area contributed by atoms with Crippen LogP contribution >= 0.6 is 0 Å². The smallest absolute Gasteiger partial charge is 0.161 e. The van der Waals surface area contributed by atoms with E-state index in [1.165, 1.54) is 6.42 Å². The number of methoxy groups -OCH3 is 1. The van der Waals surface area contributed by atoms with Crippen LogP contribution < -0.4 is 14.2 Å². The van der Waals surface area contributed by atoms with Crippen LogP contribution in [0, 0.1) is 0 Å². The van der Waals surface area contributed by atoms with Gasteiger partial charge >= 0.3 is 0 Å². The zero-order valence-corrected chi connectivity index (χ0v) is 20.5. The number of ether oxygens (including phenoxy) is 3. The molecule has 6 nitrogen and oxygen atoms in total. The summed E-state index contributed by atoms with van der Waals surface area (Å²) in [5, 5.41) is 31.6. The molecule has 3 N–H and O–H groups in total. The Hall–Kier alpha value is -3.38. The maximum atomic E-state index is 11.2. The third kappa shape index (κ3) is 4.03. The second-order valence-corrected chi connectivity index (χ2v) is 10.2. The molecule has 2 aliphatic carbocycles. The van der Waals surface area contributed by atoms with Gasteiger partial charge in [-0.15, -0.1) is 0 Å². The lowest BCUT2D eigenvalue weighted by atomic mass is 9.80. The number of hydrogen-bond acceptors (Lipinski definition) is 6. The van der Waals surface area contributed by atoms with Crippen LogP contribution in [0.15, 0.2) is 42.5 Å². The Labute approximate surface area is 211 Å². The van der Waals surface area contributed by atoms with Crippen molar-refractivity contribution in [3.05, 3.63) is 64.7 Å². The summed E-state index contributed by atoms with van der Waals surface area (Å²) >= 11 is 0. The highest BCUT2D eigenvalue weighted by Crippen LogP contribution is 2.49. The normalized spacial score (nSPS) is 21.1. The lowest BCUT2D eigenvalue weighted by Gasteiger charge is -2.35. The molecule has 6 rings (SSSR count). The van der Waals surface area contributed by atoms with Gasteiger partial charge in [0.25, 0.3) is 0 Å². The minimum Gasteiger partial charge on any atom is -0.508 e. The lowest BCUT2D eigenvalue weighted by molar-refractivity contribution is 0.0201. The second-order valence-electron chi connectivity index (χ2n) is 10.2. The summed E-state index contributed by atoms with van der Waals surface area (Å²) in [6.45, 7) is 0. The Bertz CT molecular complexity index is 1290. The lowest BCUT2D eigenvalue weighted by Crippen LogP contribution is -2.31. The summed E-state index contributed by atoms with van der Waals surface area (Å²) in [5.74, 6) is 2.25. The van der Waals surface area contributed by atoms with Crippen LogP contribution in [0.1, 0.15) is 60.5 Å². The minimum atomic E-state index is -0.747. The quantitative estimate of drug-likeness (QED) is 0.442. The highest BCUT2D eigenvalue weighted by molar-refractivity contribution is 5.82. The minimum absolute atomic E-state index is 0.107. The molecule has 2 atom stereocenters. The number of hydrogen-bond donors (Lipinski definition) is 3. The highest BCUT2D eigenvalue weighted by atomic mass is 16.5. The van der Waals surface area contributed by atoms with E-state index in [2.05, 4.69) is 0 Å². The molecule has 3 aromatic carbocycles. The number of aromatic hydroxyl groups is 2. The van der Waals surface area contributed by atoms with Gasteiger partial charge in [-0.2, -0.15) is 0 Å². The van der Waals surface area contributed by atoms with Crippen molar-refractivity contribution in [2.45, 2.75) is 69.7 Å². The average molecular weight is 489 g/mol. The number of fused-ring (bicyclic) bond motifs is 5. The van der Waals surface area contributed by atoms with Gasteiger partial charge in [0.1, 0.15) is 23.4 Å². The Balaban J connectivity index is 1.34. The van der Waals surface area contributed by atoms with Crippen LogP contribution in [0.2, 0.25) is 0 Å². The molecule has 1 aliphatic heterocycles. The summed E-state index contributed by atoms with van der Waals surface area (Å²) in [6, 6.07) is 12.6. The van der Waals surface area contributed by atoms with Crippen molar-refractivity contribution in [2.24, 2.45) is 0 Å². The molecule has 0 radical (unpaired) electrons. The van der Waals surface area contributed by atoms with E-state index >= 15 is 0 Å². The maximum Gasteiger partial charge on any atom is 0.161 e. The molecule has 0 bridgehead atoms. The molecular weight excluding hydrogens is 456 g/mol. The van der Waals surface area contributed by atoms with Crippen LogP contribution in [0.25, 0.3) is 11.1 Å². The summed E-state index contributed by atoms with van der Waals surface area (Å²) in [5.41, 5.74) is 6.06. The third-order valence-electron chi connectivity index (χ3n) is 7.87. The van der Waals surface area contributed by atoms with Crippen molar-refractivity contribution < 1.29 is 29.5 Å². The SMILES string of the molecule is COc1cc2c(c3c1-c1ccc(O)cc1CC3)C[C@@H](O)[C@H](c1ccc(O)c(OC3CCCCC3)c1)O2. The van der Waals surface area contributed by atoms with Crippen LogP contribution in [-0.2, 0) is 19.3 Å². The van der Waals surface area contributed by atoms with E-state index in [9.17, 15) is 15.3 Å². The highest BCUT2D eigenvalue weighted by Gasteiger charge is 2.35. The fourth-order valence-electron chi connectivity index (χ4n) is 6.06. The Morgan fingerprint density at radius 1 is 0.889 bits per heavy atom. The van der Waals surface area contributed by atoms with Crippen LogP contribution in [0.5, 0.6) is 28.7 Å². The van der Waals surface area contributed by atoms with Gasteiger partial charge in [-0.05, 0) is 85.0 Å². The third-order valence-corrected chi connectivity index (χ3v) is 7.87. The molecule has 36 heavy (non-hydrogen) atoms. The second kappa shape index (κ2) is 9.25. The first-order valence-corrected chi connectivity index (χ1v) is 12.9. The zero-order valence-electron chi connectivity index (χ0n) is 20.5. The number of aliphatic hydroxyl groups excluding tert-OH is 1. The van der Waals surface area contributed by atoms with Gasteiger partial charge in [-0.25, -0.2) is 0 Å². The maximum absolute atomic E-state index is 11.2. The summed E-state index contributed by atoms with van der Waals surface area (Å²) < 4.78 is 18.4. The molecule has 0 amide bonds. The Kier molecular flexibility index (Phi) is 5.92. The Morgan fingerprint density at radius 3 is 2.53 bits per heavy atom. The molecule has 3 aromatic rings. The molecule has 3 aliphatic rings. The molecule has 6 heteroatoms. The first-order chi connectivity index (χ1) is 17.5. The van der Waals surface area contributed by atoms with E-state index in [1.807, 2.05) is 18.2 Å². The molecule has 1 saturated carbocycles. The Morgan fingerprint density at radius 2 is 1.72 bits per heavy atom. The molecular formula is C30H32O6. The predicted molar refractivity (Wildman–Crippen MR) is 136 cm³/mol. The molecule has 1 fully saturated rings. The monoisotopic (exact) mass is 488 g/mol. The first kappa shape index (κ1) is 23.0. The van der Waals surface area contributed by atoms with Crippen molar-refractivity contribution in [1.82, 2.24) is 0 Å². The van der Waals surface area contributed by atoms with Crippen molar-refractivity contribution in [2.75, 3.05) is 7.11 Å². The van der Waals surface area contributed by atoms with Crippen molar-refractivity contribution in [3.63, 3.8) is 0 Å². The number of aryl methyl sites for hydroxylation is 1. The van der Waals surface area contributed by atoms with Crippen molar-refractivity contribution >= 4 is 0 Å². The summed E-state index contributed by atoms with van der Waals surface area (Å²) in [7, 11) is 1.65. The van der Waals surface area contributed by atoms with Gasteiger partial charge < -0.3 is 29.5 Å². The van der Waals surface area contributed by atoms with Crippen LogP contribution in [-0.4, -0.2) is 34.6 Å². The number of phenolic OH excluding ortho intramolecular Hbond substituents is 2. The van der Waals surface area contributed by atoms with Crippen molar-refractivity contribution in [3.8, 4) is 39.9 Å². The van der Waals surface area contributed by atoms with Crippen LogP contribution in [0.3, 0.4) is 0 Å². The molecule has 188 valence electrons. The van der Waals surface area contributed by atoms with E-state index < -0.39 is 12.2 Å². The van der Waals surface area contributed by atoms with E-state index in [0.29, 0.717) is 17.9 Å². The van der Waals surface area contributed by atoms with E-state index in [-0.39, 0.29) is 17.6 Å². The average Bonchev–Trinajstić information content (AvgIpc) is 2.89. The largest absolute Gasteiger partial charge is 0.508 e. The number of benzene rings is 3. The van der Waals surface area contributed by atoms with Gasteiger partial charge in [0.2, 0.25) is 0 Å². The fourth-order valence-corrected chi connectivity index (χ4v) is 6.06. The van der Waals surface area contributed by atoms with E-state index in [1.54, 1.807) is 31.4 Å². The van der Waals surface area contributed by atoms with E-state index in [4.69, 9.17) is 14.2 Å². The molecule has 0 unspecified atom stereocenters. The first-order valence-electron chi connectivity index (χ1n) is 12.9. The van der Waals surface area contributed by atoms with Gasteiger partial charge in [-0.1, -0.05) is 18.6 Å². The molecule has 0 saturated heterocycles. The van der Waals surface area contributed by atoms with Gasteiger partial charge in [0.05, 0.1) is 19.3 Å². The standard InChI is InChI=1S/C30H32O6/c1-34-28-16-26-23(22-10-7-17-13-19(31)9-11-21(17)29(22)28)15-25(33)30(36-26)18-8-12-24(32)27(14-18)35-20-5-3-2-4-6-20/h8-9,11-14,16,20,25,30-33H,2-7,10,15H2,1H3/t25-,30+/m1/s1. The van der Waals surface area contributed by atoms with E-state index in [0.717, 1.165) is 77.7 Å². The number of aliphatic hydroxyl groups is 1. The zero-order chi connectivity index (χ0) is 24.8. The predicted octanol–water partition coefficient (Wildman–Crippen LogP) is 5.62. The van der Waals surface area contributed by atoms with Gasteiger partial charge in [-0.3, -0.25) is 0 Å². The van der Waals surface area contributed by atoms with Crippen LogP contribution in [0.4, 0.5) is 0 Å². The molecule has 0 aromatic heterocycles.